The number of pyridine rings is 1. The number of rotatable bonds is 5. The van der Waals surface area contributed by atoms with Gasteiger partial charge in [-0.05, 0) is 55.7 Å². The van der Waals surface area contributed by atoms with Gasteiger partial charge < -0.3 is 10.6 Å². The maximum absolute atomic E-state index is 12.6. The summed E-state index contributed by atoms with van der Waals surface area (Å²) < 4.78 is 0. The fraction of sp³-hybridized carbons (Fsp3) is 0.174. The summed E-state index contributed by atoms with van der Waals surface area (Å²) in [5, 5.41) is 5.70. The highest BCUT2D eigenvalue weighted by molar-refractivity contribution is 6.04. The van der Waals surface area contributed by atoms with E-state index in [1.807, 2.05) is 63.2 Å². The summed E-state index contributed by atoms with van der Waals surface area (Å²) in [7, 11) is 0. The van der Waals surface area contributed by atoms with Gasteiger partial charge in [-0.15, -0.1) is 0 Å². The third-order valence-corrected chi connectivity index (χ3v) is 4.64. The van der Waals surface area contributed by atoms with Crippen LogP contribution in [0.5, 0.6) is 0 Å². The van der Waals surface area contributed by atoms with Crippen LogP contribution >= 0.6 is 0 Å². The van der Waals surface area contributed by atoms with Gasteiger partial charge in [-0.2, -0.15) is 0 Å². The molecule has 142 valence electrons. The van der Waals surface area contributed by atoms with E-state index in [2.05, 4.69) is 15.6 Å². The maximum Gasteiger partial charge on any atom is 0.274 e. The van der Waals surface area contributed by atoms with Crippen molar-refractivity contribution in [3.63, 3.8) is 0 Å². The fourth-order valence-corrected chi connectivity index (χ4v) is 2.74. The van der Waals surface area contributed by atoms with Crippen molar-refractivity contribution in [1.82, 2.24) is 10.3 Å². The molecule has 0 aliphatic heterocycles. The SMILES string of the molecule is Cc1ccc(CNC(=O)c2cccc(C(=O)Nc3cccc(C)c3C)n2)cc1. The first-order valence-corrected chi connectivity index (χ1v) is 9.12. The Kier molecular flexibility index (Phi) is 5.84. The highest BCUT2D eigenvalue weighted by Gasteiger charge is 2.13. The highest BCUT2D eigenvalue weighted by atomic mass is 16.2. The molecule has 1 aromatic heterocycles. The van der Waals surface area contributed by atoms with Gasteiger partial charge in [-0.1, -0.05) is 48.0 Å². The Labute approximate surface area is 164 Å². The zero-order chi connectivity index (χ0) is 20.1. The zero-order valence-electron chi connectivity index (χ0n) is 16.2. The van der Waals surface area contributed by atoms with E-state index in [1.165, 1.54) is 5.56 Å². The van der Waals surface area contributed by atoms with Crippen LogP contribution in [0.1, 0.15) is 43.2 Å². The lowest BCUT2D eigenvalue weighted by Crippen LogP contribution is -2.25. The van der Waals surface area contributed by atoms with Gasteiger partial charge in [0.1, 0.15) is 11.4 Å². The number of benzene rings is 2. The number of hydrogen-bond acceptors (Lipinski definition) is 3. The molecule has 1 heterocycles. The van der Waals surface area contributed by atoms with Crippen LogP contribution in [0.15, 0.2) is 60.7 Å². The van der Waals surface area contributed by atoms with E-state index < -0.39 is 0 Å². The summed E-state index contributed by atoms with van der Waals surface area (Å²) in [6.07, 6.45) is 0. The van der Waals surface area contributed by atoms with Crippen molar-refractivity contribution in [2.75, 3.05) is 5.32 Å². The standard InChI is InChI=1S/C23H23N3O2/c1-15-10-12-18(13-11-15)14-24-22(27)20-8-5-9-21(25-20)23(28)26-19-7-4-6-16(2)17(19)3/h4-13H,14H2,1-3H3,(H,24,27)(H,26,28). The van der Waals surface area contributed by atoms with Gasteiger partial charge in [-0.25, -0.2) is 4.98 Å². The van der Waals surface area contributed by atoms with Gasteiger partial charge in [0.05, 0.1) is 0 Å². The largest absolute Gasteiger partial charge is 0.347 e. The monoisotopic (exact) mass is 373 g/mol. The normalized spacial score (nSPS) is 10.4. The summed E-state index contributed by atoms with van der Waals surface area (Å²) in [6.45, 7) is 6.36. The van der Waals surface area contributed by atoms with E-state index in [1.54, 1.807) is 18.2 Å². The number of anilines is 1. The molecule has 0 fully saturated rings. The number of nitrogens with zero attached hydrogens (tertiary/aromatic N) is 1. The molecule has 2 N–H and O–H groups in total. The fourth-order valence-electron chi connectivity index (χ4n) is 2.74. The first-order chi connectivity index (χ1) is 13.4. The Morgan fingerprint density at radius 1 is 0.821 bits per heavy atom. The van der Waals surface area contributed by atoms with Gasteiger partial charge >= 0.3 is 0 Å². The molecule has 3 rings (SSSR count). The molecule has 5 heteroatoms. The summed E-state index contributed by atoms with van der Waals surface area (Å²) in [5.74, 6) is -0.663. The molecule has 5 nitrogen and oxygen atoms in total. The first kappa shape index (κ1) is 19.3. The average molecular weight is 373 g/mol. The number of aryl methyl sites for hydroxylation is 2. The number of nitrogens with one attached hydrogen (secondary N) is 2. The summed E-state index contributed by atoms with van der Waals surface area (Å²) >= 11 is 0. The van der Waals surface area contributed by atoms with Gasteiger partial charge in [0.15, 0.2) is 0 Å². The summed E-state index contributed by atoms with van der Waals surface area (Å²) in [6, 6.07) is 18.5. The summed E-state index contributed by atoms with van der Waals surface area (Å²) in [5.41, 5.74) is 5.41. The average Bonchev–Trinajstić information content (AvgIpc) is 2.71. The third kappa shape index (κ3) is 4.62. The summed E-state index contributed by atoms with van der Waals surface area (Å²) in [4.78, 5) is 29.2. The molecular weight excluding hydrogens is 350 g/mol. The van der Waals surface area contributed by atoms with Crippen molar-refractivity contribution in [1.29, 1.82) is 0 Å². The lowest BCUT2D eigenvalue weighted by atomic mass is 10.1. The molecule has 0 saturated heterocycles. The van der Waals surface area contributed by atoms with E-state index in [0.29, 0.717) is 6.54 Å². The number of hydrogen-bond donors (Lipinski definition) is 2. The van der Waals surface area contributed by atoms with Crippen LogP contribution in [-0.4, -0.2) is 16.8 Å². The molecule has 3 aromatic rings. The van der Waals surface area contributed by atoms with Crippen molar-refractivity contribution in [3.8, 4) is 0 Å². The molecule has 0 bridgehead atoms. The van der Waals surface area contributed by atoms with Crippen molar-refractivity contribution in [3.05, 3.63) is 94.3 Å². The zero-order valence-corrected chi connectivity index (χ0v) is 16.2. The van der Waals surface area contributed by atoms with Gasteiger partial charge in [0.2, 0.25) is 0 Å². The van der Waals surface area contributed by atoms with E-state index in [9.17, 15) is 9.59 Å². The molecule has 28 heavy (non-hydrogen) atoms. The Morgan fingerprint density at radius 2 is 1.46 bits per heavy atom. The topological polar surface area (TPSA) is 71.1 Å². The Bertz CT molecular complexity index is 1010. The molecule has 0 spiro atoms. The molecule has 0 unspecified atom stereocenters. The van der Waals surface area contributed by atoms with Crippen molar-refractivity contribution in [2.24, 2.45) is 0 Å². The predicted octanol–water partition coefficient (Wildman–Crippen LogP) is 4.19. The van der Waals surface area contributed by atoms with Crippen LogP contribution < -0.4 is 10.6 Å². The predicted molar refractivity (Wildman–Crippen MR) is 110 cm³/mol. The van der Waals surface area contributed by atoms with Crippen LogP contribution in [0.25, 0.3) is 0 Å². The molecule has 0 radical (unpaired) electrons. The maximum atomic E-state index is 12.6. The lowest BCUT2D eigenvalue weighted by Gasteiger charge is -2.10. The van der Waals surface area contributed by atoms with Crippen LogP contribution in [0, 0.1) is 20.8 Å². The highest BCUT2D eigenvalue weighted by Crippen LogP contribution is 2.18. The minimum atomic E-state index is -0.345. The number of carbonyl (C=O) groups is 2. The van der Waals surface area contributed by atoms with Crippen LogP contribution in [0.4, 0.5) is 5.69 Å². The van der Waals surface area contributed by atoms with Gasteiger partial charge in [-0.3, -0.25) is 9.59 Å². The Morgan fingerprint density at radius 3 is 2.18 bits per heavy atom. The van der Waals surface area contributed by atoms with Gasteiger partial charge in [0.25, 0.3) is 11.8 Å². The van der Waals surface area contributed by atoms with Crippen LogP contribution in [-0.2, 0) is 6.54 Å². The molecule has 2 aromatic carbocycles. The smallest absolute Gasteiger partial charge is 0.274 e. The number of amides is 2. The number of carbonyl (C=O) groups excluding carboxylic acids is 2. The first-order valence-electron chi connectivity index (χ1n) is 9.12. The third-order valence-electron chi connectivity index (χ3n) is 4.64. The number of aromatic nitrogens is 1. The van der Waals surface area contributed by atoms with E-state index >= 15 is 0 Å². The van der Waals surface area contributed by atoms with Gasteiger partial charge in [0, 0.05) is 12.2 Å². The molecule has 2 amide bonds. The van der Waals surface area contributed by atoms with Crippen LogP contribution in [0.2, 0.25) is 0 Å². The second-order valence-corrected chi connectivity index (χ2v) is 6.78. The van der Waals surface area contributed by atoms with E-state index in [4.69, 9.17) is 0 Å². The van der Waals surface area contributed by atoms with E-state index in [-0.39, 0.29) is 23.2 Å². The Hall–Kier alpha value is -3.47. The van der Waals surface area contributed by atoms with E-state index in [0.717, 1.165) is 22.4 Å². The lowest BCUT2D eigenvalue weighted by molar-refractivity contribution is 0.0945. The quantitative estimate of drug-likeness (QED) is 0.704. The molecule has 0 aliphatic rings. The molecule has 0 atom stereocenters. The minimum Gasteiger partial charge on any atom is -0.347 e. The second-order valence-electron chi connectivity index (χ2n) is 6.78. The molecule has 0 aliphatic carbocycles. The molecule has 0 saturated carbocycles. The van der Waals surface area contributed by atoms with Crippen molar-refractivity contribution < 1.29 is 9.59 Å². The second kappa shape index (κ2) is 8.48. The van der Waals surface area contributed by atoms with Crippen molar-refractivity contribution in [2.45, 2.75) is 27.3 Å². The minimum absolute atomic E-state index is 0.198. The van der Waals surface area contributed by atoms with Crippen molar-refractivity contribution >= 4 is 17.5 Å². The van der Waals surface area contributed by atoms with Crippen LogP contribution in [0.3, 0.4) is 0 Å². The Balaban J connectivity index is 1.68. The molecular formula is C23H23N3O2.